The molecule has 0 aliphatic rings. The van der Waals surface area contributed by atoms with E-state index in [1.807, 2.05) is 73.3 Å². The number of thiazole rings is 4. The molecular weight excluding hydrogens is 985 g/mol. The summed E-state index contributed by atoms with van der Waals surface area (Å²) in [6.07, 6.45) is 8.07. The summed E-state index contributed by atoms with van der Waals surface area (Å²) in [6.45, 7) is 0. The summed E-state index contributed by atoms with van der Waals surface area (Å²) in [5, 5.41) is 3.29. The lowest BCUT2D eigenvalue weighted by molar-refractivity contribution is 1.23. The molecule has 0 saturated carbocycles. The number of hydrogen-bond donors (Lipinski definition) is 0. The molecule has 8 nitrogen and oxygen atoms in total. The van der Waals surface area contributed by atoms with Gasteiger partial charge in [0, 0.05) is 81.4 Å². The summed E-state index contributed by atoms with van der Waals surface area (Å²) in [4.78, 5) is 33.9. The monoisotopic (exact) mass is 1030 g/mol. The van der Waals surface area contributed by atoms with E-state index in [9.17, 15) is 0 Å². The van der Waals surface area contributed by atoms with Gasteiger partial charge in [-0.2, -0.15) is 0 Å². The summed E-state index contributed by atoms with van der Waals surface area (Å²) < 4.78 is 0. The zero-order valence-electron chi connectivity index (χ0n) is 39.6. The highest BCUT2D eigenvalue weighted by molar-refractivity contribution is 7.21. The van der Waals surface area contributed by atoms with E-state index in [1.165, 1.54) is 0 Å². The first-order valence-corrected chi connectivity index (χ1v) is 27.2. The fourth-order valence-corrected chi connectivity index (χ4v) is 13.0. The molecule has 0 saturated heterocycles. The lowest BCUT2D eigenvalue weighted by Crippen LogP contribution is -2.09. The largest absolute Gasteiger partial charge is 0.286 e. The Bertz CT molecular complexity index is 3090. The van der Waals surface area contributed by atoms with Crippen LogP contribution in [0.5, 0.6) is 0 Å². The summed E-state index contributed by atoms with van der Waals surface area (Å²) in [5.41, 5.74) is 10.0. The van der Waals surface area contributed by atoms with Crippen molar-refractivity contribution in [2.24, 2.45) is 0 Å². The zero-order valence-corrected chi connectivity index (χ0v) is 42.9. The van der Waals surface area contributed by atoms with Crippen molar-refractivity contribution in [2.75, 3.05) is 19.6 Å². The molecule has 0 aliphatic carbocycles. The molecule has 0 N–H and O–H groups in total. The van der Waals surface area contributed by atoms with Crippen LogP contribution in [0.2, 0.25) is 0 Å². The van der Waals surface area contributed by atoms with Gasteiger partial charge in [-0.05, 0) is 97.1 Å². The van der Waals surface area contributed by atoms with Crippen LogP contribution in [0.4, 0.5) is 66.0 Å². The molecule has 4 aromatic heterocycles. The second kappa shape index (κ2) is 21.5. The Labute approximate surface area is 446 Å². The van der Waals surface area contributed by atoms with Gasteiger partial charge in [0.2, 0.25) is 0 Å². The molecule has 0 atom stereocenters. The molecule has 12 rings (SSSR count). The van der Waals surface area contributed by atoms with Gasteiger partial charge in [-0.15, -0.1) is 0 Å². The van der Waals surface area contributed by atoms with Crippen molar-refractivity contribution in [3.05, 3.63) is 287 Å². The van der Waals surface area contributed by atoms with Crippen LogP contribution in [-0.4, -0.2) is 19.9 Å². The van der Waals surface area contributed by atoms with Crippen LogP contribution in [0.25, 0.3) is 11.1 Å². The van der Waals surface area contributed by atoms with Gasteiger partial charge in [0.1, 0.15) is 0 Å². The Morgan fingerprint density at radius 2 is 0.365 bits per heavy atom. The Morgan fingerprint density at radius 3 is 0.514 bits per heavy atom. The predicted molar refractivity (Wildman–Crippen MR) is 312 cm³/mol. The molecule has 0 radical (unpaired) electrons. The van der Waals surface area contributed by atoms with E-state index in [2.05, 4.69) is 214 Å². The lowest BCUT2D eigenvalue weighted by atomic mass is 10.0. The van der Waals surface area contributed by atoms with Gasteiger partial charge in [0.25, 0.3) is 0 Å². The van der Waals surface area contributed by atoms with Crippen LogP contribution >= 0.6 is 45.3 Å². The molecule has 74 heavy (non-hydrogen) atoms. The van der Waals surface area contributed by atoms with Gasteiger partial charge >= 0.3 is 0 Å². The lowest BCUT2D eigenvalue weighted by Gasteiger charge is -2.22. The molecule has 356 valence electrons. The van der Waals surface area contributed by atoms with Gasteiger partial charge in [0.05, 0.1) is 19.5 Å². The van der Waals surface area contributed by atoms with Gasteiger partial charge in [0.15, 0.2) is 20.5 Å². The quantitative estimate of drug-likeness (QED) is 0.0949. The van der Waals surface area contributed by atoms with Crippen molar-refractivity contribution in [2.45, 2.75) is 0 Å². The summed E-state index contributed by atoms with van der Waals surface area (Å²) in [6, 6.07) is 83.5. The Balaban J connectivity index is 1.12. The van der Waals surface area contributed by atoms with Gasteiger partial charge in [-0.1, -0.05) is 191 Å². The highest BCUT2D eigenvalue weighted by Gasteiger charge is 2.29. The molecule has 12 heteroatoms. The summed E-state index contributed by atoms with van der Waals surface area (Å²) >= 11 is 6.58. The number of aromatic nitrogens is 4. The van der Waals surface area contributed by atoms with Crippen molar-refractivity contribution in [1.82, 2.24) is 19.9 Å². The van der Waals surface area contributed by atoms with E-state index in [-0.39, 0.29) is 0 Å². The minimum Gasteiger partial charge on any atom is -0.286 e. The number of rotatable bonds is 16. The number of benzene rings is 8. The average Bonchev–Trinajstić information content (AvgIpc) is 4.34. The molecule has 0 aliphatic heterocycles. The SMILES string of the molecule is c1ccc(N(c2ccccc2)c2ncc(C(=C(c3cnc(N(c4ccccc4)c4ccccc4)s3)c3cnc(N(c4ccccc4)c4ccccc4)s3)c3cnc(N(c4ccccc4)c4ccccc4)s3)s2)cc1. The third-order valence-electron chi connectivity index (χ3n) is 12.1. The number of anilines is 12. The fourth-order valence-electron chi connectivity index (χ4n) is 8.77. The summed E-state index contributed by atoms with van der Waals surface area (Å²) in [5.74, 6) is 0. The van der Waals surface area contributed by atoms with Crippen molar-refractivity contribution in [3.63, 3.8) is 0 Å². The highest BCUT2D eigenvalue weighted by Crippen LogP contribution is 2.51. The second-order valence-corrected chi connectivity index (χ2v) is 20.8. The van der Waals surface area contributed by atoms with E-state index < -0.39 is 0 Å². The maximum absolute atomic E-state index is 5.29. The molecule has 0 bridgehead atoms. The minimum absolute atomic E-state index is 0.822. The third-order valence-corrected chi connectivity index (χ3v) is 16.1. The molecular formula is C62H44N8S4. The molecule has 0 amide bonds. The molecule has 8 aromatic carbocycles. The Morgan fingerprint density at radius 1 is 0.216 bits per heavy atom. The summed E-state index contributed by atoms with van der Waals surface area (Å²) in [7, 11) is 0. The minimum atomic E-state index is 0.822. The van der Waals surface area contributed by atoms with Crippen LogP contribution in [0.1, 0.15) is 19.5 Å². The van der Waals surface area contributed by atoms with E-state index in [0.29, 0.717) is 0 Å². The van der Waals surface area contributed by atoms with Crippen molar-refractivity contribution >= 4 is 123 Å². The first kappa shape index (κ1) is 46.3. The fraction of sp³-hybridized carbons (Fsp3) is 0. The molecule has 0 spiro atoms. The van der Waals surface area contributed by atoms with E-state index in [1.54, 1.807) is 45.3 Å². The van der Waals surface area contributed by atoms with Crippen molar-refractivity contribution in [1.29, 1.82) is 0 Å². The van der Waals surface area contributed by atoms with Gasteiger partial charge in [-0.25, -0.2) is 19.9 Å². The molecule has 0 unspecified atom stereocenters. The van der Waals surface area contributed by atoms with Crippen molar-refractivity contribution in [3.8, 4) is 0 Å². The highest BCUT2D eigenvalue weighted by atomic mass is 32.1. The maximum atomic E-state index is 5.29. The molecule has 0 fully saturated rings. The van der Waals surface area contributed by atoms with Crippen LogP contribution in [0.15, 0.2) is 267 Å². The first-order chi connectivity index (χ1) is 36.7. The van der Waals surface area contributed by atoms with Crippen molar-refractivity contribution < 1.29 is 0 Å². The maximum Gasteiger partial charge on any atom is 0.195 e. The number of nitrogens with zero attached hydrogens (tertiary/aromatic N) is 8. The van der Waals surface area contributed by atoms with E-state index in [0.717, 1.165) is 96.7 Å². The van der Waals surface area contributed by atoms with Gasteiger partial charge in [-0.3, -0.25) is 19.6 Å². The Hall–Kier alpha value is -8.78. The third kappa shape index (κ3) is 9.65. The zero-order chi connectivity index (χ0) is 49.5. The van der Waals surface area contributed by atoms with Gasteiger partial charge < -0.3 is 0 Å². The molecule has 4 heterocycles. The number of para-hydroxylation sites is 8. The average molecular weight is 1030 g/mol. The van der Waals surface area contributed by atoms with Crippen LogP contribution in [0.3, 0.4) is 0 Å². The van der Waals surface area contributed by atoms with Crippen LogP contribution < -0.4 is 19.6 Å². The normalized spacial score (nSPS) is 11.0. The van der Waals surface area contributed by atoms with E-state index >= 15 is 0 Å². The Kier molecular flexibility index (Phi) is 13.5. The van der Waals surface area contributed by atoms with Crippen LogP contribution in [-0.2, 0) is 0 Å². The van der Waals surface area contributed by atoms with E-state index in [4.69, 9.17) is 19.9 Å². The second-order valence-electron chi connectivity index (χ2n) is 16.8. The number of hydrogen-bond acceptors (Lipinski definition) is 12. The first-order valence-electron chi connectivity index (χ1n) is 23.9. The predicted octanol–water partition coefficient (Wildman–Crippen LogP) is 18.4. The molecule has 12 aromatic rings. The topological polar surface area (TPSA) is 64.5 Å². The smallest absolute Gasteiger partial charge is 0.195 e. The van der Waals surface area contributed by atoms with Crippen LogP contribution in [0, 0.1) is 0 Å². The standard InChI is InChI=1S/C62H44N8S4/c1-9-25-45(26-10-1)67(46-27-11-2-12-28-46)59-63-41-53(71-59)57(54-42-64-60(72-54)68(47-29-13-3-14-30-47)48-31-15-4-16-32-48)58(55-43-65-61(73-55)69(49-33-17-5-18-34-49)50-35-19-6-20-36-50)56-44-66-62(74-56)70(51-37-21-7-22-38-51)52-39-23-8-24-40-52/h1-44H.